The highest BCUT2D eigenvalue weighted by Crippen LogP contribution is 2.45. The number of rotatable bonds is 4. The number of nitrogens with zero attached hydrogens (tertiary/aromatic N) is 2. The van der Waals surface area contributed by atoms with E-state index < -0.39 is 10.2 Å². The fraction of sp³-hybridized carbons (Fsp3) is 0.571. The fourth-order valence-electron chi connectivity index (χ4n) is 2.29. The van der Waals surface area contributed by atoms with Gasteiger partial charge in [0, 0.05) is 32.7 Å². The van der Waals surface area contributed by atoms with E-state index in [1.807, 2.05) is 0 Å². The Bertz CT molecular complexity index is 361. The van der Waals surface area contributed by atoms with Crippen molar-refractivity contribution in [3.05, 3.63) is 35.9 Å². The number of halogens is 1. The smallest absolute Gasteiger partial charge is 0.0634 e. The second-order valence-corrected chi connectivity index (χ2v) is 9.63. The van der Waals surface area contributed by atoms with Gasteiger partial charge in [-0.15, -0.1) is 11.6 Å². The zero-order chi connectivity index (χ0) is 13.0. The molecule has 18 heavy (non-hydrogen) atoms. The average Bonchev–Trinajstić information content (AvgIpc) is 2.40. The molecule has 1 aromatic carbocycles. The summed E-state index contributed by atoms with van der Waals surface area (Å²) in [5.41, 5.74) is 1.41. The normalized spacial score (nSPS) is 19.9. The second-order valence-electron chi connectivity index (χ2n) is 5.28. The Hall–Kier alpha value is -0.220. The summed E-state index contributed by atoms with van der Waals surface area (Å²) >= 11 is 6.07. The average molecular weight is 287 g/mol. The van der Waals surface area contributed by atoms with Crippen LogP contribution < -0.4 is 0 Å². The van der Waals surface area contributed by atoms with Crippen LogP contribution in [-0.2, 0) is 6.54 Å². The van der Waals surface area contributed by atoms with Crippen LogP contribution in [0.4, 0.5) is 0 Å². The van der Waals surface area contributed by atoms with Gasteiger partial charge in [-0.25, -0.2) is 0 Å². The van der Waals surface area contributed by atoms with E-state index in [-0.39, 0.29) is 0 Å². The molecule has 1 saturated heterocycles. The second kappa shape index (κ2) is 6.29. The Kier molecular flexibility index (Phi) is 4.96. The summed E-state index contributed by atoms with van der Waals surface area (Å²) in [6.07, 6.45) is 4.62. The molecule has 0 N–H and O–H groups in total. The maximum absolute atomic E-state index is 6.07. The Balaban J connectivity index is 1.84. The molecule has 1 aliphatic rings. The van der Waals surface area contributed by atoms with Crippen molar-refractivity contribution in [2.75, 3.05) is 43.9 Å². The van der Waals surface area contributed by atoms with Crippen molar-refractivity contribution < 1.29 is 0 Å². The van der Waals surface area contributed by atoms with Crippen molar-refractivity contribution in [2.24, 2.45) is 0 Å². The molecule has 0 saturated carbocycles. The molecule has 0 bridgehead atoms. The Labute approximate surface area is 117 Å². The lowest BCUT2D eigenvalue weighted by molar-refractivity contribution is 0.187. The van der Waals surface area contributed by atoms with E-state index in [9.17, 15) is 0 Å². The number of benzene rings is 1. The van der Waals surface area contributed by atoms with Crippen LogP contribution in [0.5, 0.6) is 0 Å². The van der Waals surface area contributed by atoms with Crippen molar-refractivity contribution in [1.82, 2.24) is 9.21 Å². The third-order valence-electron chi connectivity index (χ3n) is 3.55. The SMILES string of the molecule is CS(C)(CCl)N1CCN(Cc2ccccc2)CC1. The van der Waals surface area contributed by atoms with Gasteiger partial charge in [-0.1, -0.05) is 30.3 Å². The molecule has 1 fully saturated rings. The highest BCUT2D eigenvalue weighted by atomic mass is 35.5. The Morgan fingerprint density at radius 2 is 1.67 bits per heavy atom. The van der Waals surface area contributed by atoms with Gasteiger partial charge in [-0.2, -0.15) is 10.2 Å². The van der Waals surface area contributed by atoms with Gasteiger partial charge < -0.3 is 0 Å². The standard InChI is InChI=1S/C14H23ClN2S/c1-18(2,13-15)17-10-8-16(9-11-17)12-14-6-4-3-5-7-14/h3-7H,8-13H2,1-2H3. The quantitative estimate of drug-likeness (QED) is 0.785. The molecule has 0 amide bonds. The molecular formula is C14H23ClN2S. The summed E-state index contributed by atoms with van der Waals surface area (Å²) in [6, 6.07) is 10.7. The number of hydrogen-bond donors (Lipinski definition) is 0. The molecule has 0 radical (unpaired) electrons. The minimum Gasteiger partial charge on any atom is -0.296 e. The number of piperazine rings is 1. The van der Waals surface area contributed by atoms with Gasteiger partial charge in [0.15, 0.2) is 0 Å². The van der Waals surface area contributed by atoms with E-state index in [0.29, 0.717) is 0 Å². The molecule has 1 aromatic rings. The zero-order valence-electron chi connectivity index (χ0n) is 11.3. The predicted octanol–water partition coefficient (Wildman–Crippen LogP) is 2.98. The molecular weight excluding hydrogens is 264 g/mol. The zero-order valence-corrected chi connectivity index (χ0v) is 12.9. The van der Waals surface area contributed by atoms with Crippen molar-refractivity contribution in [1.29, 1.82) is 0 Å². The van der Waals surface area contributed by atoms with Crippen LogP contribution in [0, 0.1) is 0 Å². The van der Waals surface area contributed by atoms with Gasteiger partial charge in [0.1, 0.15) is 0 Å². The maximum Gasteiger partial charge on any atom is 0.0634 e. The van der Waals surface area contributed by atoms with Gasteiger partial charge in [0.05, 0.1) is 5.21 Å². The predicted molar refractivity (Wildman–Crippen MR) is 83.5 cm³/mol. The fourth-order valence-corrected chi connectivity index (χ4v) is 4.00. The summed E-state index contributed by atoms with van der Waals surface area (Å²) in [5, 5.41) is 0.783. The van der Waals surface area contributed by atoms with E-state index in [1.165, 1.54) is 5.56 Å². The molecule has 2 nitrogen and oxygen atoms in total. The van der Waals surface area contributed by atoms with Gasteiger partial charge in [-0.3, -0.25) is 9.21 Å². The minimum absolute atomic E-state index is 0.745. The van der Waals surface area contributed by atoms with Crippen molar-refractivity contribution in [2.45, 2.75) is 6.54 Å². The van der Waals surface area contributed by atoms with Crippen LogP contribution in [0.25, 0.3) is 0 Å². The Morgan fingerprint density at radius 1 is 1.06 bits per heavy atom. The third-order valence-corrected chi connectivity index (χ3v) is 7.45. The van der Waals surface area contributed by atoms with Crippen LogP contribution in [0.1, 0.15) is 5.56 Å². The third kappa shape index (κ3) is 3.64. The molecule has 0 aliphatic carbocycles. The first-order chi connectivity index (χ1) is 8.62. The van der Waals surface area contributed by atoms with Gasteiger partial charge in [0.25, 0.3) is 0 Å². The first kappa shape index (κ1) is 14.2. The molecule has 0 atom stereocenters. The molecule has 1 aliphatic heterocycles. The molecule has 0 unspecified atom stereocenters. The number of alkyl halides is 1. The summed E-state index contributed by atoms with van der Waals surface area (Å²) in [4.78, 5) is 2.54. The first-order valence-electron chi connectivity index (χ1n) is 6.40. The molecule has 102 valence electrons. The van der Waals surface area contributed by atoms with Crippen LogP contribution in [-0.4, -0.2) is 53.1 Å². The lowest BCUT2D eigenvalue weighted by Crippen LogP contribution is -2.46. The summed E-state index contributed by atoms with van der Waals surface area (Å²) in [7, 11) is -0.745. The maximum atomic E-state index is 6.07. The molecule has 4 heteroatoms. The largest absolute Gasteiger partial charge is 0.296 e. The van der Waals surface area contributed by atoms with Crippen molar-refractivity contribution >= 4 is 21.8 Å². The van der Waals surface area contributed by atoms with E-state index in [2.05, 4.69) is 52.0 Å². The molecule has 1 heterocycles. The summed E-state index contributed by atoms with van der Waals surface area (Å²) in [5.74, 6) is 0. The number of hydrogen-bond acceptors (Lipinski definition) is 2. The van der Waals surface area contributed by atoms with E-state index in [1.54, 1.807) is 0 Å². The topological polar surface area (TPSA) is 6.48 Å². The van der Waals surface area contributed by atoms with E-state index >= 15 is 0 Å². The van der Waals surface area contributed by atoms with Gasteiger partial charge >= 0.3 is 0 Å². The van der Waals surface area contributed by atoms with Crippen molar-refractivity contribution in [3.8, 4) is 0 Å². The van der Waals surface area contributed by atoms with Crippen LogP contribution >= 0.6 is 21.8 Å². The molecule has 2 rings (SSSR count). The lowest BCUT2D eigenvalue weighted by Gasteiger charge is -2.46. The van der Waals surface area contributed by atoms with E-state index in [0.717, 1.165) is 37.9 Å². The highest BCUT2D eigenvalue weighted by molar-refractivity contribution is 8.31. The molecule has 0 spiro atoms. The van der Waals surface area contributed by atoms with Gasteiger partial charge in [0.2, 0.25) is 0 Å². The first-order valence-corrected chi connectivity index (χ1v) is 9.51. The lowest BCUT2D eigenvalue weighted by atomic mass is 10.2. The Morgan fingerprint density at radius 3 is 2.22 bits per heavy atom. The van der Waals surface area contributed by atoms with Gasteiger partial charge in [-0.05, 0) is 18.1 Å². The van der Waals surface area contributed by atoms with Crippen LogP contribution in [0.2, 0.25) is 0 Å². The summed E-state index contributed by atoms with van der Waals surface area (Å²) < 4.78 is 2.58. The highest BCUT2D eigenvalue weighted by Gasteiger charge is 2.25. The summed E-state index contributed by atoms with van der Waals surface area (Å²) in [6.45, 7) is 5.69. The minimum atomic E-state index is -0.745. The van der Waals surface area contributed by atoms with Crippen LogP contribution in [0.15, 0.2) is 30.3 Å². The van der Waals surface area contributed by atoms with Crippen molar-refractivity contribution in [3.63, 3.8) is 0 Å². The molecule has 0 aromatic heterocycles. The monoisotopic (exact) mass is 286 g/mol. The van der Waals surface area contributed by atoms with Crippen LogP contribution in [0.3, 0.4) is 0 Å². The van der Waals surface area contributed by atoms with E-state index in [4.69, 9.17) is 11.6 Å².